The summed E-state index contributed by atoms with van der Waals surface area (Å²) in [4.78, 5) is 38.1. The molecule has 0 atom stereocenters. The minimum Gasteiger partial charge on any atom is -0.450 e. The van der Waals surface area contributed by atoms with E-state index in [9.17, 15) is 14.4 Å². The number of likely N-dealkylation sites (N-methyl/N-ethyl adjacent to an activating group) is 1. The number of fused-ring (bicyclic) bond motifs is 1. The molecule has 7 heteroatoms. The lowest BCUT2D eigenvalue weighted by Crippen LogP contribution is -2.37. The number of aryl methyl sites for hydroxylation is 2. The molecule has 30 heavy (non-hydrogen) atoms. The fourth-order valence-electron chi connectivity index (χ4n) is 3.12. The molecule has 3 aromatic rings. The summed E-state index contributed by atoms with van der Waals surface area (Å²) in [5.74, 6) is -1.46. The number of carbonyl (C=O) groups excluding carboxylic acids is 3. The number of nitrogens with one attached hydrogen (secondary N) is 1. The first kappa shape index (κ1) is 21.1. The van der Waals surface area contributed by atoms with Crippen molar-refractivity contribution >= 4 is 34.4 Å². The lowest BCUT2D eigenvalue weighted by molar-refractivity contribution is -0.136. The van der Waals surface area contributed by atoms with E-state index in [1.165, 1.54) is 11.9 Å². The van der Waals surface area contributed by atoms with Crippen molar-refractivity contribution in [1.29, 1.82) is 0 Å². The largest absolute Gasteiger partial charge is 0.450 e. The molecule has 0 unspecified atom stereocenters. The molecular formula is C23H24N2O5. The van der Waals surface area contributed by atoms with E-state index in [1.807, 2.05) is 49.4 Å². The van der Waals surface area contributed by atoms with Crippen LogP contribution >= 0.6 is 0 Å². The Balaban J connectivity index is 1.54. The third-order valence-electron chi connectivity index (χ3n) is 4.83. The second kappa shape index (κ2) is 9.26. The SMILES string of the molecule is CCc1ccccc1NC(=O)CN(C)C(=O)COC(=O)c1oc2ccccc2c1C. The Labute approximate surface area is 174 Å². The molecule has 1 heterocycles. The van der Waals surface area contributed by atoms with E-state index in [0.29, 0.717) is 11.1 Å². The number of ether oxygens (including phenoxy) is 1. The molecule has 2 aromatic carbocycles. The second-order valence-corrected chi connectivity index (χ2v) is 6.94. The van der Waals surface area contributed by atoms with E-state index in [2.05, 4.69) is 5.32 Å². The summed E-state index contributed by atoms with van der Waals surface area (Å²) in [5, 5.41) is 3.62. The molecule has 0 aliphatic carbocycles. The summed E-state index contributed by atoms with van der Waals surface area (Å²) in [5.41, 5.74) is 2.97. The van der Waals surface area contributed by atoms with Gasteiger partial charge in [-0.15, -0.1) is 0 Å². The first-order chi connectivity index (χ1) is 14.4. The number of hydrogen-bond acceptors (Lipinski definition) is 5. The Morgan fingerprint density at radius 1 is 1.07 bits per heavy atom. The Morgan fingerprint density at radius 3 is 2.50 bits per heavy atom. The third-order valence-corrected chi connectivity index (χ3v) is 4.83. The van der Waals surface area contributed by atoms with E-state index >= 15 is 0 Å². The fourth-order valence-corrected chi connectivity index (χ4v) is 3.12. The molecule has 0 saturated heterocycles. The normalized spacial score (nSPS) is 10.6. The molecule has 0 aliphatic rings. The summed E-state index contributed by atoms with van der Waals surface area (Å²) in [6, 6.07) is 14.8. The molecule has 1 aromatic heterocycles. The topological polar surface area (TPSA) is 88.9 Å². The number of carbonyl (C=O) groups is 3. The summed E-state index contributed by atoms with van der Waals surface area (Å²) in [6.45, 7) is 3.12. The van der Waals surface area contributed by atoms with Crippen LogP contribution in [0.3, 0.4) is 0 Å². The van der Waals surface area contributed by atoms with Gasteiger partial charge in [-0.1, -0.05) is 43.3 Å². The highest BCUT2D eigenvalue weighted by Gasteiger charge is 2.21. The van der Waals surface area contributed by atoms with Crippen LogP contribution in [0.1, 0.15) is 28.6 Å². The zero-order valence-corrected chi connectivity index (χ0v) is 17.2. The van der Waals surface area contributed by atoms with Crippen LogP contribution in [-0.2, 0) is 20.7 Å². The van der Waals surface area contributed by atoms with Crippen LogP contribution in [0.5, 0.6) is 0 Å². The van der Waals surface area contributed by atoms with Gasteiger partial charge in [-0.25, -0.2) is 4.79 Å². The maximum atomic E-state index is 12.3. The highest BCUT2D eigenvalue weighted by molar-refractivity contribution is 5.97. The van der Waals surface area contributed by atoms with E-state index in [1.54, 1.807) is 13.0 Å². The van der Waals surface area contributed by atoms with Crippen molar-refractivity contribution in [2.75, 3.05) is 25.5 Å². The van der Waals surface area contributed by atoms with Crippen molar-refractivity contribution in [2.45, 2.75) is 20.3 Å². The average molecular weight is 408 g/mol. The van der Waals surface area contributed by atoms with Crippen molar-refractivity contribution in [2.24, 2.45) is 0 Å². The van der Waals surface area contributed by atoms with Crippen molar-refractivity contribution < 1.29 is 23.5 Å². The standard InChI is InChI=1S/C23H24N2O5/c1-4-16-9-5-7-11-18(16)24-20(26)13-25(3)21(27)14-29-23(28)22-15(2)17-10-6-8-12-19(17)30-22/h5-12H,4,13-14H2,1-3H3,(H,24,26). The number of furan rings is 1. The third kappa shape index (κ3) is 4.68. The molecule has 7 nitrogen and oxygen atoms in total. The van der Waals surface area contributed by atoms with Crippen LogP contribution in [0.15, 0.2) is 52.9 Å². The molecule has 156 valence electrons. The summed E-state index contributed by atoms with van der Waals surface area (Å²) in [6.07, 6.45) is 0.780. The number of benzene rings is 2. The Kier molecular flexibility index (Phi) is 6.51. The Morgan fingerprint density at radius 2 is 1.77 bits per heavy atom. The molecule has 0 spiro atoms. The summed E-state index contributed by atoms with van der Waals surface area (Å²) >= 11 is 0. The van der Waals surface area contributed by atoms with Gasteiger partial charge in [0.25, 0.3) is 5.91 Å². The molecule has 2 amide bonds. The number of anilines is 1. The first-order valence-electron chi connectivity index (χ1n) is 9.67. The molecule has 1 N–H and O–H groups in total. The summed E-state index contributed by atoms with van der Waals surface area (Å²) in [7, 11) is 1.48. The zero-order valence-electron chi connectivity index (χ0n) is 17.2. The highest BCUT2D eigenvalue weighted by atomic mass is 16.5. The number of amides is 2. The van der Waals surface area contributed by atoms with Crippen LogP contribution in [0.4, 0.5) is 5.69 Å². The highest BCUT2D eigenvalue weighted by Crippen LogP contribution is 2.25. The van der Waals surface area contributed by atoms with Crippen molar-refractivity contribution in [3.8, 4) is 0 Å². The smallest absolute Gasteiger partial charge is 0.375 e. The lowest BCUT2D eigenvalue weighted by Gasteiger charge is -2.17. The minimum absolute atomic E-state index is 0.0700. The number of para-hydroxylation sites is 2. The van der Waals surface area contributed by atoms with Gasteiger partial charge >= 0.3 is 5.97 Å². The number of esters is 1. The van der Waals surface area contributed by atoms with Gasteiger partial charge in [0.2, 0.25) is 11.7 Å². The molecule has 0 saturated carbocycles. The predicted molar refractivity (Wildman–Crippen MR) is 113 cm³/mol. The Hall–Kier alpha value is -3.61. The van der Waals surface area contributed by atoms with Gasteiger partial charge in [-0.3, -0.25) is 9.59 Å². The van der Waals surface area contributed by atoms with E-state index < -0.39 is 18.5 Å². The quantitative estimate of drug-likeness (QED) is 0.604. The van der Waals surface area contributed by atoms with Gasteiger partial charge in [0.15, 0.2) is 6.61 Å². The predicted octanol–water partition coefficient (Wildman–Crippen LogP) is 3.56. The average Bonchev–Trinajstić information content (AvgIpc) is 3.09. The van der Waals surface area contributed by atoms with E-state index in [-0.39, 0.29) is 18.2 Å². The zero-order chi connectivity index (χ0) is 21.7. The van der Waals surface area contributed by atoms with Crippen molar-refractivity contribution in [3.63, 3.8) is 0 Å². The molecule has 3 rings (SSSR count). The maximum Gasteiger partial charge on any atom is 0.375 e. The monoisotopic (exact) mass is 408 g/mol. The number of hydrogen-bond donors (Lipinski definition) is 1. The van der Waals surface area contributed by atoms with Gasteiger partial charge in [-0.05, 0) is 31.0 Å². The van der Waals surface area contributed by atoms with Crippen LogP contribution in [0.25, 0.3) is 11.0 Å². The molecule has 0 aliphatic heterocycles. The summed E-state index contributed by atoms with van der Waals surface area (Å²) < 4.78 is 10.6. The number of rotatable bonds is 7. The molecule has 0 fully saturated rings. The molecule has 0 radical (unpaired) electrons. The van der Waals surface area contributed by atoms with Crippen molar-refractivity contribution in [3.05, 3.63) is 65.4 Å². The van der Waals surface area contributed by atoms with Gasteiger partial charge in [0.05, 0.1) is 6.54 Å². The van der Waals surface area contributed by atoms with Gasteiger partial charge < -0.3 is 19.4 Å². The number of nitrogens with zero attached hydrogens (tertiary/aromatic N) is 1. The van der Waals surface area contributed by atoms with Crippen LogP contribution < -0.4 is 5.32 Å². The minimum atomic E-state index is -0.716. The van der Waals surface area contributed by atoms with E-state index in [4.69, 9.17) is 9.15 Å². The van der Waals surface area contributed by atoms with E-state index in [0.717, 1.165) is 23.1 Å². The van der Waals surface area contributed by atoms with Gasteiger partial charge in [-0.2, -0.15) is 0 Å². The lowest BCUT2D eigenvalue weighted by atomic mass is 10.1. The fraction of sp³-hybridized carbons (Fsp3) is 0.261. The first-order valence-corrected chi connectivity index (χ1v) is 9.67. The second-order valence-electron chi connectivity index (χ2n) is 6.94. The van der Waals surface area contributed by atoms with Gasteiger partial charge in [0.1, 0.15) is 5.58 Å². The maximum absolute atomic E-state index is 12.3. The Bertz CT molecular complexity index is 1090. The molecular weight excluding hydrogens is 384 g/mol. The van der Waals surface area contributed by atoms with Crippen LogP contribution in [0.2, 0.25) is 0 Å². The van der Waals surface area contributed by atoms with Crippen LogP contribution in [-0.4, -0.2) is 42.9 Å². The van der Waals surface area contributed by atoms with Crippen molar-refractivity contribution in [1.82, 2.24) is 4.90 Å². The van der Waals surface area contributed by atoms with Crippen LogP contribution in [0, 0.1) is 6.92 Å². The van der Waals surface area contributed by atoms with Gasteiger partial charge in [0, 0.05) is 23.7 Å². The molecule has 0 bridgehead atoms.